The topological polar surface area (TPSA) is 20.2 Å². The van der Waals surface area contributed by atoms with Crippen molar-refractivity contribution >= 4 is 11.8 Å². The molecule has 0 spiro atoms. The maximum atomic E-state index is 9.75. The van der Waals surface area contributed by atoms with Crippen LogP contribution in [0.3, 0.4) is 0 Å². The average molecular weight is 172 g/mol. The predicted molar refractivity (Wildman–Crippen MR) is 48.8 cm³/mol. The molecule has 2 aliphatic rings. The van der Waals surface area contributed by atoms with Crippen molar-refractivity contribution in [3.05, 3.63) is 0 Å². The molecule has 1 saturated carbocycles. The van der Waals surface area contributed by atoms with E-state index in [0.717, 1.165) is 12.3 Å². The fourth-order valence-corrected chi connectivity index (χ4v) is 3.07. The van der Waals surface area contributed by atoms with Crippen LogP contribution in [-0.4, -0.2) is 22.7 Å². The van der Waals surface area contributed by atoms with Gasteiger partial charge in [-0.1, -0.05) is 12.8 Å². The molecule has 1 nitrogen and oxygen atoms in total. The Hall–Kier alpha value is 0.310. The number of hydrogen-bond donors (Lipinski definition) is 1. The number of aliphatic hydroxyl groups excluding tert-OH is 1. The first kappa shape index (κ1) is 7.93. The normalized spacial score (nSPS) is 34.1. The molecule has 0 aromatic rings. The van der Waals surface area contributed by atoms with Crippen LogP contribution in [0.15, 0.2) is 0 Å². The molecule has 1 aliphatic heterocycles. The zero-order chi connectivity index (χ0) is 7.68. The van der Waals surface area contributed by atoms with Crippen molar-refractivity contribution in [2.45, 2.75) is 31.8 Å². The second-order valence-corrected chi connectivity index (χ2v) is 5.02. The minimum absolute atomic E-state index is 0.0255. The molecule has 1 heterocycles. The lowest BCUT2D eigenvalue weighted by atomic mass is 9.97. The lowest BCUT2D eigenvalue weighted by Crippen LogP contribution is -2.20. The Balaban J connectivity index is 1.73. The van der Waals surface area contributed by atoms with Gasteiger partial charge in [-0.3, -0.25) is 0 Å². The zero-order valence-electron chi connectivity index (χ0n) is 6.83. The van der Waals surface area contributed by atoms with E-state index >= 15 is 0 Å². The highest BCUT2D eigenvalue weighted by molar-refractivity contribution is 7.99. The monoisotopic (exact) mass is 172 g/mol. The Bertz CT molecular complexity index is 128. The van der Waals surface area contributed by atoms with Gasteiger partial charge in [-0.15, -0.1) is 0 Å². The Morgan fingerprint density at radius 3 is 2.73 bits per heavy atom. The third-order valence-corrected chi connectivity index (χ3v) is 3.97. The molecule has 1 aliphatic carbocycles. The van der Waals surface area contributed by atoms with Crippen LogP contribution in [0, 0.1) is 11.8 Å². The molecular weight excluding hydrogens is 156 g/mol. The molecule has 1 N–H and O–H groups in total. The lowest BCUT2D eigenvalue weighted by Gasteiger charge is -2.15. The molecule has 1 saturated heterocycles. The quantitative estimate of drug-likeness (QED) is 0.701. The molecule has 2 rings (SSSR count). The second kappa shape index (κ2) is 3.36. The standard InChI is InChI=1S/C9H16OS/c10-9(5-7-1-2-7)8-3-4-11-6-8/h7-10H,1-6H2. The molecule has 0 aromatic carbocycles. The van der Waals surface area contributed by atoms with Crippen molar-refractivity contribution in [2.24, 2.45) is 11.8 Å². The molecule has 0 radical (unpaired) electrons. The van der Waals surface area contributed by atoms with E-state index in [2.05, 4.69) is 0 Å². The van der Waals surface area contributed by atoms with Crippen LogP contribution in [0.25, 0.3) is 0 Å². The Morgan fingerprint density at radius 1 is 1.36 bits per heavy atom. The van der Waals surface area contributed by atoms with Gasteiger partial charge in [0.2, 0.25) is 0 Å². The SMILES string of the molecule is OC(CC1CC1)C1CCSC1. The molecule has 0 aromatic heterocycles. The largest absolute Gasteiger partial charge is 0.393 e. The van der Waals surface area contributed by atoms with Crippen molar-refractivity contribution < 1.29 is 5.11 Å². The van der Waals surface area contributed by atoms with Crippen LogP contribution in [0.2, 0.25) is 0 Å². The first-order valence-electron chi connectivity index (χ1n) is 4.62. The number of rotatable bonds is 3. The van der Waals surface area contributed by atoms with Gasteiger partial charge in [0, 0.05) is 0 Å². The highest BCUT2D eigenvalue weighted by atomic mass is 32.2. The summed E-state index contributed by atoms with van der Waals surface area (Å²) in [6.07, 6.45) is 5.11. The summed E-state index contributed by atoms with van der Waals surface area (Å²) in [6, 6.07) is 0. The summed E-state index contributed by atoms with van der Waals surface area (Å²) in [4.78, 5) is 0. The van der Waals surface area contributed by atoms with Crippen LogP contribution in [0.5, 0.6) is 0 Å². The van der Waals surface area contributed by atoms with Crippen molar-refractivity contribution in [3.8, 4) is 0 Å². The van der Waals surface area contributed by atoms with Gasteiger partial charge in [-0.05, 0) is 36.2 Å². The summed E-state index contributed by atoms with van der Waals surface area (Å²) >= 11 is 2.00. The minimum atomic E-state index is 0.0255. The van der Waals surface area contributed by atoms with E-state index in [0.29, 0.717) is 5.92 Å². The highest BCUT2D eigenvalue weighted by Gasteiger charge is 2.30. The maximum Gasteiger partial charge on any atom is 0.0579 e. The molecule has 11 heavy (non-hydrogen) atoms. The van der Waals surface area contributed by atoms with E-state index in [1.165, 1.54) is 30.8 Å². The molecular formula is C9H16OS. The Labute approximate surface area is 72.6 Å². The molecule has 64 valence electrons. The van der Waals surface area contributed by atoms with E-state index < -0.39 is 0 Å². The zero-order valence-corrected chi connectivity index (χ0v) is 7.65. The van der Waals surface area contributed by atoms with Crippen LogP contribution in [-0.2, 0) is 0 Å². The van der Waals surface area contributed by atoms with Crippen LogP contribution in [0.1, 0.15) is 25.7 Å². The number of aliphatic hydroxyl groups is 1. The van der Waals surface area contributed by atoms with Crippen molar-refractivity contribution in [2.75, 3.05) is 11.5 Å². The maximum absolute atomic E-state index is 9.75. The van der Waals surface area contributed by atoms with Gasteiger partial charge in [-0.2, -0.15) is 11.8 Å². The first-order valence-corrected chi connectivity index (χ1v) is 5.77. The summed E-state index contributed by atoms with van der Waals surface area (Å²) in [6.45, 7) is 0. The van der Waals surface area contributed by atoms with E-state index in [1.54, 1.807) is 0 Å². The third kappa shape index (κ3) is 2.12. The molecule has 2 fully saturated rings. The van der Waals surface area contributed by atoms with Gasteiger partial charge in [0.1, 0.15) is 0 Å². The van der Waals surface area contributed by atoms with Gasteiger partial charge in [0.25, 0.3) is 0 Å². The molecule has 2 heteroatoms. The Kier molecular flexibility index (Phi) is 2.42. The van der Waals surface area contributed by atoms with Gasteiger partial charge in [0.15, 0.2) is 0 Å². The van der Waals surface area contributed by atoms with Crippen LogP contribution in [0.4, 0.5) is 0 Å². The van der Waals surface area contributed by atoms with Gasteiger partial charge < -0.3 is 5.11 Å². The van der Waals surface area contributed by atoms with Crippen LogP contribution < -0.4 is 0 Å². The van der Waals surface area contributed by atoms with Crippen molar-refractivity contribution in [1.29, 1.82) is 0 Å². The van der Waals surface area contributed by atoms with Crippen molar-refractivity contribution in [1.82, 2.24) is 0 Å². The minimum Gasteiger partial charge on any atom is -0.393 e. The predicted octanol–water partition coefficient (Wildman–Crippen LogP) is 1.90. The third-order valence-electron chi connectivity index (χ3n) is 2.78. The lowest BCUT2D eigenvalue weighted by molar-refractivity contribution is 0.105. The number of hydrogen-bond acceptors (Lipinski definition) is 2. The summed E-state index contributed by atoms with van der Waals surface area (Å²) in [7, 11) is 0. The van der Waals surface area contributed by atoms with E-state index in [-0.39, 0.29) is 6.10 Å². The van der Waals surface area contributed by atoms with E-state index in [9.17, 15) is 5.11 Å². The molecule has 2 atom stereocenters. The van der Waals surface area contributed by atoms with Crippen LogP contribution >= 0.6 is 11.8 Å². The Morgan fingerprint density at radius 2 is 2.18 bits per heavy atom. The first-order chi connectivity index (χ1) is 5.36. The number of thioether (sulfide) groups is 1. The van der Waals surface area contributed by atoms with Crippen molar-refractivity contribution in [3.63, 3.8) is 0 Å². The summed E-state index contributed by atoms with van der Waals surface area (Å²) in [5.41, 5.74) is 0. The summed E-state index contributed by atoms with van der Waals surface area (Å²) in [5, 5.41) is 9.75. The van der Waals surface area contributed by atoms with E-state index in [1.807, 2.05) is 11.8 Å². The van der Waals surface area contributed by atoms with E-state index in [4.69, 9.17) is 0 Å². The average Bonchev–Trinajstić information content (AvgIpc) is 2.67. The van der Waals surface area contributed by atoms with Gasteiger partial charge >= 0.3 is 0 Å². The van der Waals surface area contributed by atoms with Gasteiger partial charge in [-0.25, -0.2) is 0 Å². The fourth-order valence-electron chi connectivity index (χ4n) is 1.74. The molecule has 2 unspecified atom stereocenters. The second-order valence-electron chi connectivity index (χ2n) is 3.87. The summed E-state index contributed by atoms with van der Waals surface area (Å²) in [5.74, 6) is 3.98. The molecule has 0 bridgehead atoms. The molecule has 0 amide bonds. The fraction of sp³-hybridized carbons (Fsp3) is 1.00. The smallest absolute Gasteiger partial charge is 0.0579 e. The highest BCUT2D eigenvalue weighted by Crippen LogP contribution is 2.37. The summed E-state index contributed by atoms with van der Waals surface area (Å²) < 4.78 is 0. The van der Waals surface area contributed by atoms with Gasteiger partial charge in [0.05, 0.1) is 6.10 Å².